The molecule has 0 saturated carbocycles. The monoisotopic (exact) mass is 227 g/mol. The number of hydrogen-bond acceptors (Lipinski definition) is 4. The third kappa shape index (κ3) is 3.04. The summed E-state index contributed by atoms with van der Waals surface area (Å²) in [6.45, 7) is 4.42. The van der Waals surface area contributed by atoms with E-state index in [2.05, 4.69) is 15.3 Å². The highest BCUT2D eigenvalue weighted by atomic mass is 35.5. The Morgan fingerprint density at radius 3 is 3.13 bits per heavy atom. The van der Waals surface area contributed by atoms with Gasteiger partial charge in [-0.15, -0.1) is 0 Å². The second kappa shape index (κ2) is 4.77. The molecule has 1 aromatic rings. The maximum absolute atomic E-state index is 5.83. The van der Waals surface area contributed by atoms with Gasteiger partial charge < -0.3 is 10.1 Å². The van der Waals surface area contributed by atoms with Crippen LogP contribution in [-0.2, 0) is 4.74 Å². The zero-order valence-electron chi connectivity index (χ0n) is 8.66. The summed E-state index contributed by atoms with van der Waals surface area (Å²) in [5.41, 5.74) is 0. The van der Waals surface area contributed by atoms with Crippen LogP contribution < -0.4 is 5.32 Å². The summed E-state index contributed by atoms with van der Waals surface area (Å²) in [5, 5.41) is 3.73. The van der Waals surface area contributed by atoms with Crippen molar-refractivity contribution in [1.29, 1.82) is 0 Å². The molecule has 0 bridgehead atoms. The summed E-state index contributed by atoms with van der Waals surface area (Å²) in [6.07, 6.45) is 1.12. The quantitative estimate of drug-likeness (QED) is 0.802. The van der Waals surface area contributed by atoms with Gasteiger partial charge in [0.2, 0.25) is 0 Å². The summed E-state index contributed by atoms with van der Waals surface area (Å²) in [5.74, 6) is 2.06. The highest BCUT2D eigenvalue weighted by Crippen LogP contribution is 2.15. The number of nitrogens with zero attached hydrogens (tertiary/aromatic N) is 2. The van der Waals surface area contributed by atoms with E-state index in [0.29, 0.717) is 16.9 Å². The molecule has 1 N–H and O–H groups in total. The molecule has 1 aromatic heterocycles. The second-order valence-corrected chi connectivity index (χ2v) is 4.12. The van der Waals surface area contributed by atoms with Crippen LogP contribution in [0.25, 0.3) is 0 Å². The molecular weight excluding hydrogens is 214 g/mol. The molecule has 1 aliphatic heterocycles. The lowest BCUT2D eigenvalue weighted by atomic mass is 10.1. The maximum atomic E-state index is 5.83. The molecule has 82 valence electrons. The van der Waals surface area contributed by atoms with Crippen LogP contribution in [-0.4, -0.2) is 29.7 Å². The Bertz CT molecular complexity index is 319. The average molecular weight is 228 g/mol. The molecule has 15 heavy (non-hydrogen) atoms. The van der Waals surface area contributed by atoms with E-state index in [-0.39, 0.29) is 0 Å². The maximum Gasteiger partial charge on any atom is 0.134 e. The minimum atomic E-state index is 0.479. The number of nitrogens with one attached hydrogen (secondary N) is 1. The Morgan fingerprint density at radius 2 is 2.47 bits per heavy atom. The third-order valence-corrected chi connectivity index (χ3v) is 2.60. The number of halogens is 1. The fourth-order valence-corrected chi connectivity index (χ4v) is 1.84. The predicted molar refractivity (Wildman–Crippen MR) is 59.2 cm³/mol. The van der Waals surface area contributed by atoms with Crippen LogP contribution in [0.1, 0.15) is 12.2 Å². The molecule has 0 amide bonds. The molecule has 1 aliphatic rings. The van der Waals surface area contributed by atoms with E-state index in [1.807, 2.05) is 6.92 Å². The molecule has 2 rings (SSSR count). The fourth-order valence-electron chi connectivity index (χ4n) is 1.62. The van der Waals surface area contributed by atoms with Crippen molar-refractivity contribution in [3.05, 3.63) is 17.0 Å². The van der Waals surface area contributed by atoms with E-state index in [9.17, 15) is 0 Å². The van der Waals surface area contributed by atoms with Gasteiger partial charge in [0.1, 0.15) is 16.8 Å². The lowest BCUT2D eigenvalue weighted by Crippen LogP contribution is -2.15. The number of aryl methyl sites for hydroxylation is 1. The molecule has 4 nitrogen and oxygen atoms in total. The second-order valence-electron chi connectivity index (χ2n) is 3.73. The Balaban J connectivity index is 1.92. The van der Waals surface area contributed by atoms with Crippen LogP contribution in [0.15, 0.2) is 6.07 Å². The summed E-state index contributed by atoms with van der Waals surface area (Å²) in [4.78, 5) is 8.25. The van der Waals surface area contributed by atoms with Crippen LogP contribution in [0, 0.1) is 12.8 Å². The first kappa shape index (κ1) is 10.6. The van der Waals surface area contributed by atoms with Gasteiger partial charge >= 0.3 is 0 Å². The van der Waals surface area contributed by atoms with Crippen LogP contribution in [0.3, 0.4) is 0 Å². The molecule has 0 aromatic carbocycles. The molecule has 0 spiro atoms. The van der Waals surface area contributed by atoms with E-state index in [1.54, 1.807) is 6.07 Å². The lowest BCUT2D eigenvalue weighted by molar-refractivity contribution is 0.187. The Labute approximate surface area is 94.0 Å². The molecule has 0 radical (unpaired) electrons. The molecule has 2 heterocycles. The number of hydrogen-bond donors (Lipinski definition) is 1. The first-order valence-corrected chi connectivity index (χ1v) is 5.44. The Hall–Kier alpha value is -0.870. The van der Waals surface area contributed by atoms with E-state index in [0.717, 1.165) is 32.0 Å². The molecule has 5 heteroatoms. The van der Waals surface area contributed by atoms with Crippen molar-refractivity contribution in [1.82, 2.24) is 9.97 Å². The van der Waals surface area contributed by atoms with Gasteiger partial charge in [-0.2, -0.15) is 0 Å². The minimum absolute atomic E-state index is 0.479. The minimum Gasteiger partial charge on any atom is -0.381 e. The topological polar surface area (TPSA) is 47.0 Å². The first-order chi connectivity index (χ1) is 7.24. The summed E-state index contributed by atoms with van der Waals surface area (Å²) < 4.78 is 5.29. The highest BCUT2D eigenvalue weighted by molar-refractivity contribution is 6.29. The average Bonchev–Trinajstić information content (AvgIpc) is 2.65. The smallest absolute Gasteiger partial charge is 0.134 e. The molecule has 1 fully saturated rings. The van der Waals surface area contributed by atoms with E-state index >= 15 is 0 Å². The van der Waals surface area contributed by atoms with Crippen molar-refractivity contribution in [2.24, 2.45) is 5.92 Å². The Kier molecular flexibility index (Phi) is 3.38. The number of ether oxygens (including phenoxy) is 1. The van der Waals surface area contributed by atoms with Gasteiger partial charge in [-0.05, 0) is 13.3 Å². The normalized spacial score (nSPS) is 20.5. The standard InChI is InChI=1S/C10H14ClN3O/c1-7-13-9(11)4-10(14-7)12-5-8-2-3-15-6-8/h4,8H,2-3,5-6H2,1H3,(H,12,13,14). The lowest BCUT2D eigenvalue weighted by Gasteiger charge is -2.10. The van der Waals surface area contributed by atoms with Crippen molar-refractivity contribution in [2.45, 2.75) is 13.3 Å². The zero-order chi connectivity index (χ0) is 10.7. The zero-order valence-corrected chi connectivity index (χ0v) is 9.42. The van der Waals surface area contributed by atoms with Crippen LogP contribution in [0.4, 0.5) is 5.82 Å². The number of aromatic nitrogens is 2. The molecular formula is C10H14ClN3O. The van der Waals surface area contributed by atoms with Crippen LogP contribution in [0.5, 0.6) is 0 Å². The third-order valence-electron chi connectivity index (χ3n) is 2.40. The van der Waals surface area contributed by atoms with E-state index in [4.69, 9.17) is 16.3 Å². The van der Waals surface area contributed by atoms with Crippen LogP contribution in [0.2, 0.25) is 5.15 Å². The Morgan fingerprint density at radius 1 is 1.60 bits per heavy atom. The SMILES string of the molecule is Cc1nc(Cl)cc(NCC2CCOC2)n1. The van der Waals surface area contributed by atoms with Crippen molar-refractivity contribution >= 4 is 17.4 Å². The summed E-state index contributed by atoms with van der Waals surface area (Å²) >= 11 is 5.83. The molecule has 1 unspecified atom stereocenters. The summed E-state index contributed by atoms with van der Waals surface area (Å²) in [6, 6.07) is 1.74. The predicted octanol–water partition coefficient (Wildman–Crippen LogP) is 1.89. The van der Waals surface area contributed by atoms with Gasteiger partial charge in [0.05, 0.1) is 6.61 Å². The van der Waals surface area contributed by atoms with Crippen LogP contribution >= 0.6 is 11.6 Å². The molecule has 1 atom stereocenters. The molecule has 0 aliphatic carbocycles. The fraction of sp³-hybridized carbons (Fsp3) is 0.600. The van der Waals surface area contributed by atoms with Gasteiger partial charge in [-0.25, -0.2) is 9.97 Å². The van der Waals surface area contributed by atoms with Crippen molar-refractivity contribution in [3.8, 4) is 0 Å². The van der Waals surface area contributed by atoms with Gasteiger partial charge in [-0.1, -0.05) is 11.6 Å². The van der Waals surface area contributed by atoms with Crippen molar-refractivity contribution in [2.75, 3.05) is 25.1 Å². The first-order valence-electron chi connectivity index (χ1n) is 5.07. The largest absolute Gasteiger partial charge is 0.381 e. The van der Waals surface area contributed by atoms with Gasteiger partial charge in [0, 0.05) is 25.1 Å². The molecule has 1 saturated heterocycles. The summed E-state index contributed by atoms with van der Waals surface area (Å²) in [7, 11) is 0. The van der Waals surface area contributed by atoms with E-state index in [1.165, 1.54) is 0 Å². The van der Waals surface area contributed by atoms with Gasteiger partial charge in [-0.3, -0.25) is 0 Å². The van der Waals surface area contributed by atoms with E-state index < -0.39 is 0 Å². The highest BCUT2D eigenvalue weighted by Gasteiger charge is 2.15. The van der Waals surface area contributed by atoms with Gasteiger partial charge in [0.15, 0.2) is 0 Å². The van der Waals surface area contributed by atoms with Gasteiger partial charge in [0.25, 0.3) is 0 Å². The van der Waals surface area contributed by atoms with Crippen molar-refractivity contribution in [3.63, 3.8) is 0 Å². The number of rotatable bonds is 3. The van der Waals surface area contributed by atoms with Crippen molar-refractivity contribution < 1.29 is 4.74 Å². The number of anilines is 1.